The molecular weight excluding hydrogens is 269 g/mol. The standard InChI is InChI=1S/C9H9BrClNO2/c1-2-7-6(5-11)3-4-8(9(7)10)12(13)14/h3-4H,2,5H2,1H3. The zero-order valence-corrected chi connectivity index (χ0v) is 9.93. The van der Waals surface area contributed by atoms with Gasteiger partial charge in [0, 0.05) is 11.9 Å². The van der Waals surface area contributed by atoms with E-state index in [9.17, 15) is 10.1 Å². The number of hydrogen-bond acceptors (Lipinski definition) is 2. The number of nitro groups is 1. The van der Waals surface area contributed by atoms with Crippen LogP contribution in [-0.4, -0.2) is 4.92 Å². The number of benzene rings is 1. The van der Waals surface area contributed by atoms with E-state index < -0.39 is 4.92 Å². The molecule has 0 heterocycles. The Hall–Kier alpha value is -0.610. The molecule has 0 radical (unpaired) electrons. The molecule has 14 heavy (non-hydrogen) atoms. The number of hydrogen-bond donors (Lipinski definition) is 0. The number of nitro benzene ring substituents is 1. The van der Waals surface area contributed by atoms with Crippen LogP contribution in [0.15, 0.2) is 16.6 Å². The summed E-state index contributed by atoms with van der Waals surface area (Å²) in [5.74, 6) is 0.375. The normalized spacial score (nSPS) is 10.2. The first-order valence-electron chi connectivity index (χ1n) is 4.12. The molecule has 1 aromatic carbocycles. The lowest BCUT2D eigenvalue weighted by molar-refractivity contribution is -0.385. The van der Waals surface area contributed by atoms with E-state index in [0.717, 1.165) is 17.5 Å². The van der Waals surface area contributed by atoms with Crippen molar-refractivity contribution in [1.29, 1.82) is 0 Å². The highest BCUT2D eigenvalue weighted by Crippen LogP contribution is 2.31. The van der Waals surface area contributed by atoms with Crippen molar-refractivity contribution in [2.45, 2.75) is 19.2 Å². The van der Waals surface area contributed by atoms with Gasteiger partial charge in [-0.15, -0.1) is 11.6 Å². The van der Waals surface area contributed by atoms with Gasteiger partial charge in [0.05, 0.1) is 9.40 Å². The molecule has 0 atom stereocenters. The molecule has 0 amide bonds. The Morgan fingerprint density at radius 2 is 2.21 bits per heavy atom. The lowest BCUT2D eigenvalue weighted by atomic mass is 10.1. The highest BCUT2D eigenvalue weighted by Gasteiger charge is 2.16. The van der Waals surface area contributed by atoms with Crippen LogP contribution in [0.1, 0.15) is 18.1 Å². The fourth-order valence-electron chi connectivity index (χ4n) is 1.30. The van der Waals surface area contributed by atoms with Gasteiger partial charge in [-0.05, 0) is 33.5 Å². The van der Waals surface area contributed by atoms with Crippen molar-refractivity contribution in [3.05, 3.63) is 37.8 Å². The first-order valence-corrected chi connectivity index (χ1v) is 5.45. The summed E-state index contributed by atoms with van der Waals surface area (Å²) in [7, 11) is 0. The Kier molecular flexibility index (Phi) is 3.89. The average molecular weight is 279 g/mol. The van der Waals surface area contributed by atoms with E-state index >= 15 is 0 Å². The second-order valence-electron chi connectivity index (χ2n) is 2.78. The van der Waals surface area contributed by atoms with Gasteiger partial charge in [-0.25, -0.2) is 0 Å². The van der Waals surface area contributed by atoms with E-state index in [-0.39, 0.29) is 5.69 Å². The smallest absolute Gasteiger partial charge is 0.258 e. The lowest BCUT2D eigenvalue weighted by Gasteiger charge is -2.07. The predicted molar refractivity (Wildman–Crippen MR) is 59.7 cm³/mol. The van der Waals surface area contributed by atoms with Crippen LogP contribution in [-0.2, 0) is 12.3 Å². The van der Waals surface area contributed by atoms with E-state index in [1.54, 1.807) is 6.07 Å². The molecule has 0 N–H and O–H groups in total. The van der Waals surface area contributed by atoms with E-state index in [0.29, 0.717) is 10.4 Å². The third-order valence-electron chi connectivity index (χ3n) is 2.01. The lowest BCUT2D eigenvalue weighted by Crippen LogP contribution is -1.96. The summed E-state index contributed by atoms with van der Waals surface area (Å²) in [4.78, 5) is 10.2. The van der Waals surface area contributed by atoms with Gasteiger partial charge in [-0.3, -0.25) is 10.1 Å². The molecule has 1 aromatic rings. The third kappa shape index (κ3) is 2.07. The molecular formula is C9H9BrClNO2. The average Bonchev–Trinajstić information content (AvgIpc) is 2.16. The first kappa shape index (κ1) is 11.5. The summed E-state index contributed by atoms with van der Waals surface area (Å²) in [5, 5.41) is 10.6. The zero-order chi connectivity index (χ0) is 10.7. The minimum atomic E-state index is -0.402. The summed E-state index contributed by atoms with van der Waals surface area (Å²) in [6.45, 7) is 1.94. The van der Waals surface area contributed by atoms with Crippen LogP contribution in [0.5, 0.6) is 0 Å². The molecule has 0 saturated heterocycles. The minimum absolute atomic E-state index is 0.0933. The second kappa shape index (κ2) is 4.75. The van der Waals surface area contributed by atoms with Gasteiger partial charge >= 0.3 is 0 Å². The molecule has 0 saturated carbocycles. The van der Waals surface area contributed by atoms with Gasteiger partial charge in [0.2, 0.25) is 0 Å². The third-order valence-corrected chi connectivity index (χ3v) is 3.19. The van der Waals surface area contributed by atoms with Gasteiger partial charge in [0.1, 0.15) is 0 Å². The Morgan fingerprint density at radius 1 is 1.57 bits per heavy atom. The van der Waals surface area contributed by atoms with Gasteiger partial charge in [0.25, 0.3) is 5.69 Å². The largest absolute Gasteiger partial charge is 0.283 e. The maximum atomic E-state index is 10.6. The monoisotopic (exact) mass is 277 g/mol. The second-order valence-corrected chi connectivity index (χ2v) is 3.84. The van der Waals surface area contributed by atoms with E-state index in [1.807, 2.05) is 6.92 Å². The maximum absolute atomic E-state index is 10.6. The van der Waals surface area contributed by atoms with Gasteiger partial charge in [0.15, 0.2) is 0 Å². The van der Waals surface area contributed by atoms with Crippen LogP contribution in [0.3, 0.4) is 0 Å². The molecule has 76 valence electrons. The molecule has 0 fully saturated rings. The molecule has 0 aromatic heterocycles. The Labute approximate surface area is 95.4 Å². The van der Waals surface area contributed by atoms with Crippen LogP contribution in [0.2, 0.25) is 0 Å². The number of halogens is 2. The van der Waals surface area contributed by atoms with Gasteiger partial charge in [-0.2, -0.15) is 0 Å². The van der Waals surface area contributed by atoms with Crippen LogP contribution >= 0.6 is 27.5 Å². The highest BCUT2D eigenvalue weighted by molar-refractivity contribution is 9.10. The Morgan fingerprint density at radius 3 is 2.64 bits per heavy atom. The summed E-state index contributed by atoms with van der Waals surface area (Å²) < 4.78 is 0.545. The van der Waals surface area contributed by atoms with Crippen LogP contribution in [0.25, 0.3) is 0 Å². The van der Waals surface area contributed by atoms with E-state index in [2.05, 4.69) is 15.9 Å². The molecule has 0 spiro atoms. The van der Waals surface area contributed by atoms with Crippen molar-refractivity contribution in [1.82, 2.24) is 0 Å². The Bertz CT molecular complexity index is 368. The number of rotatable bonds is 3. The summed E-state index contributed by atoms with van der Waals surface area (Å²) in [5.41, 5.74) is 1.94. The fraction of sp³-hybridized carbons (Fsp3) is 0.333. The molecule has 5 heteroatoms. The van der Waals surface area contributed by atoms with Crippen molar-refractivity contribution in [3.63, 3.8) is 0 Å². The van der Waals surface area contributed by atoms with Gasteiger partial charge < -0.3 is 0 Å². The van der Waals surface area contributed by atoms with Crippen molar-refractivity contribution in [2.75, 3.05) is 0 Å². The van der Waals surface area contributed by atoms with Crippen molar-refractivity contribution < 1.29 is 4.92 Å². The number of nitrogens with zero attached hydrogens (tertiary/aromatic N) is 1. The van der Waals surface area contributed by atoms with Crippen LogP contribution in [0.4, 0.5) is 5.69 Å². The van der Waals surface area contributed by atoms with E-state index in [1.165, 1.54) is 6.07 Å². The van der Waals surface area contributed by atoms with Crippen LogP contribution < -0.4 is 0 Å². The number of alkyl halides is 1. The topological polar surface area (TPSA) is 43.1 Å². The molecule has 0 aliphatic heterocycles. The molecule has 3 nitrogen and oxygen atoms in total. The van der Waals surface area contributed by atoms with Crippen molar-refractivity contribution in [3.8, 4) is 0 Å². The molecule has 0 unspecified atom stereocenters. The maximum Gasteiger partial charge on any atom is 0.283 e. The Balaban J connectivity index is 3.34. The van der Waals surface area contributed by atoms with Crippen molar-refractivity contribution >= 4 is 33.2 Å². The SMILES string of the molecule is CCc1c(CCl)ccc([N+](=O)[O-])c1Br. The van der Waals surface area contributed by atoms with Crippen molar-refractivity contribution in [2.24, 2.45) is 0 Å². The zero-order valence-electron chi connectivity index (χ0n) is 7.59. The minimum Gasteiger partial charge on any atom is -0.258 e. The molecule has 0 aliphatic carbocycles. The van der Waals surface area contributed by atoms with Gasteiger partial charge in [-0.1, -0.05) is 13.0 Å². The van der Waals surface area contributed by atoms with Crippen LogP contribution in [0, 0.1) is 10.1 Å². The molecule has 0 aliphatic rings. The summed E-state index contributed by atoms with van der Waals surface area (Å²) in [6.07, 6.45) is 0.727. The summed E-state index contributed by atoms with van der Waals surface area (Å²) >= 11 is 8.96. The quantitative estimate of drug-likeness (QED) is 0.481. The first-order chi connectivity index (χ1) is 6.61. The summed E-state index contributed by atoms with van der Waals surface area (Å²) in [6, 6.07) is 3.18. The fourth-order valence-corrected chi connectivity index (χ4v) is 2.36. The van der Waals surface area contributed by atoms with E-state index in [4.69, 9.17) is 11.6 Å². The molecule has 1 rings (SSSR count). The predicted octanol–water partition coefficient (Wildman–Crippen LogP) is 3.66. The molecule has 0 bridgehead atoms. The highest BCUT2D eigenvalue weighted by atomic mass is 79.9.